The van der Waals surface area contributed by atoms with Crippen molar-refractivity contribution >= 4 is 46.8 Å². The summed E-state index contributed by atoms with van der Waals surface area (Å²) in [7, 11) is 2.02. The molecule has 1 unspecified atom stereocenters. The van der Waals surface area contributed by atoms with E-state index in [1.807, 2.05) is 37.4 Å². The quantitative estimate of drug-likeness (QED) is 0.0834. The summed E-state index contributed by atoms with van der Waals surface area (Å²) in [5.74, 6) is -3.04. The van der Waals surface area contributed by atoms with Gasteiger partial charge in [-0.3, -0.25) is 53.6 Å². The topological polar surface area (TPSA) is 188 Å². The Kier molecular flexibility index (Phi) is 15.6. The van der Waals surface area contributed by atoms with E-state index >= 15 is 0 Å². The third kappa shape index (κ3) is 11.8. The molecule has 0 spiro atoms. The molecule has 4 N–H and O–H groups in total. The van der Waals surface area contributed by atoms with Crippen molar-refractivity contribution in [1.29, 1.82) is 0 Å². The molecule has 3 saturated heterocycles. The van der Waals surface area contributed by atoms with Crippen LogP contribution in [0.5, 0.6) is 0 Å². The van der Waals surface area contributed by atoms with Crippen molar-refractivity contribution in [3.05, 3.63) is 117 Å². The zero-order valence-electron chi connectivity index (χ0n) is 39.2. The molecule has 6 amide bonds. The van der Waals surface area contributed by atoms with Gasteiger partial charge >= 0.3 is 6.18 Å². The molecule has 5 heterocycles. The number of nitrogens with one attached hydrogen (secondary N) is 4. The van der Waals surface area contributed by atoms with Crippen LogP contribution in [0, 0.1) is 0 Å². The summed E-state index contributed by atoms with van der Waals surface area (Å²) in [6.45, 7) is 8.26. The van der Waals surface area contributed by atoms with Crippen molar-refractivity contribution in [1.82, 2.24) is 35.2 Å². The monoisotopic (exact) mass is 965 g/mol. The average Bonchev–Trinajstić information content (AvgIpc) is 3.59. The van der Waals surface area contributed by atoms with Gasteiger partial charge in [-0.1, -0.05) is 49.2 Å². The van der Waals surface area contributed by atoms with Crippen LogP contribution in [0.25, 0.3) is 11.1 Å². The van der Waals surface area contributed by atoms with Gasteiger partial charge in [-0.15, -0.1) is 0 Å². The number of hydrogen-bond donors (Lipinski definition) is 4. The van der Waals surface area contributed by atoms with Crippen molar-refractivity contribution in [3.63, 3.8) is 0 Å². The Morgan fingerprint density at radius 2 is 1.51 bits per heavy atom. The Labute approximate surface area is 403 Å². The van der Waals surface area contributed by atoms with Gasteiger partial charge in [-0.2, -0.15) is 13.2 Å². The van der Waals surface area contributed by atoms with Gasteiger partial charge in [-0.25, -0.2) is 0 Å². The average molecular weight is 966 g/mol. The van der Waals surface area contributed by atoms with Crippen molar-refractivity contribution in [3.8, 4) is 11.1 Å². The van der Waals surface area contributed by atoms with Crippen molar-refractivity contribution in [2.45, 2.75) is 70.1 Å². The number of H-pyrrole nitrogens is 1. The maximum atomic E-state index is 13.9. The Bertz CT molecular complexity index is 2690. The second kappa shape index (κ2) is 21.9. The molecule has 0 radical (unpaired) electrons. The lowest BCUT2D eigenvalue weighted by atomic mass is 9.97. The number of aromatic amines is 1. The highest BCUT2D eigenvalue weighted by atomic mass is 19.4. The number of amides is 6. The molecular weight excluding hydrogens is 908 g/mol. The summed E-state index contributed by atoms with van der Waals surface area (Å²) in [6.07, 6.45) is 0.230. The van der Waals surface area contributed by atoms with Crippen LogP contribution in [-0.4, -0.2) is 139 Å². The number of imide groups is 2. The fourth-order valence-electron chi connectivity index (χ4n) is 9.69. The third-order valence-corrected chi connectivity index (χ3v) is 13.6. The highest BCUT2D eigenvalue weighted by Crippen LogP contribution is 2.36. The van der Waals surface area contributed by atoms with Gasteiger partial charge in [0, 0.05) is 97.1 Å². The molecule has 370 valence electrons. The number of benzene rings is 3. The summed E-state index contributed by atoms with van der Waals surface area (Å²) in [5, 5.41) is 8.01. The maximum Gasteiger partial charge on any atom is 0.417 e. The highest BCUT2D eigenvalue weighted by Gasteiger charge is 2.45. The fourth-order valence-corrected chi connectivity index (χ4v) is 9.69. The summed E-state index contributed by atoms with van der Waals surface area (Å²) in [4.78, 5) is 101. The molecule has 3 fully saturated rings. The second-order valence-electron chi connectivity index (χ2n) is 18.5. The number of rotatable bonds is 17. The van der Waals surface area contributed by atoms with E-state index in [1.165, 1.54) is 0 Å². The Hall–Kier alpha value is -6.70. The molecule has 0 aliphatic carbocycles. The predicted molar refractivity (Wildman–Crippen MR) is 256 cm³/mol. The Morgan fingerprint density at radius 1 is 0.786 bits per heavy atom. The number of halogens is 3. The van der Waals surface area contributed by atoms with Crippen LogP contribution < -0.4 is 26.4 Å². The summed E-state index contributed by atoms with van der Waals surface area (Å²) >= 11 is 0. The van der Waals surface area contributed by atoms with E-state index in [-0.39, 0.29) is 24.3 Å². The number of unbranched alkanes of at least 4 members (excludes halogenated alkanes) is 3. The number of aryl methyl sites for hydroxylation is 1. The standard InChI is InChI=1S/C51H58F3N9O7/c1-59-20-26-62(27-21-59)41-15-14-36(29-40(41)57-47(67)38-31-56-45(66)30-39(38)51(52,53)54)35-11-6-8-33(28-35)32-61-24-22-60(23-25-61)19-18-55-43(64)13-5-3-2-4-9-34-10-7-12-37-46(34)50(70)63(49(37)69)42-16-17-44(65)58-48(42)68/h6-8,10-12,14-15,28-31,42H,2-5,9,13,16-27,32H2,1H3,(H,55,64)(H,56,66)(H,57,67)(H,58,65,68). The van der Waals surface area contributed by atoms with Gasteiger partial charge in [0.1, 0.15) is 6.04 Å². The molecular formula is C51H58F3N9O7. The van der Waals surface area contributed by atoms with E-state index in [0.29, 0.717) is 62.0 Å². The molecule has 1 atom stereocenters. The van der Waals surface area contributed by atoms with Crippen LogP contribution >= 0.6 is 0 Å². The van der Waals surface area contributed by atoms with Crippen LogP contribution in [0.1, 0.15) is 92.7 Å². The molecule has 3 aromatic carbocycles. The van der Waals surface area contributed by atoms with Crippen LogP contribution in [-0.2, 0) is 33.5 Å². The summed E-state index contributed by atoms with van der Waals surface area (Å²) in [6, 6.07) is 18.3. The number of likely N-dealkylation sites (N-methyl/N-ethyl adjacent to an activating group) is 1. The van der Waals surface area contributed by atoms with E-state index in [0.717, 1.165) is 105 Å². The lowest BCUT2D eigenvalue weighted by Crippen LogP contribution is -2.54. The van der Waals surface area contributed by atoms with E-state index < -0.39 is 58.4 Å². The Balaban J connectivity index is 0.767. The maximum absolute atomic E-state index is 13.9. The zero-order chi connectivity index (χ0) is 49.5. The molecule has 1 aromatic heterocycles. The van der Waals surface area contributed by atoms with E-state index in [9.17, 15) is 46.7 Å². The lowest BCUT2D eigenvalue weighted by molar-refractivity contribution is -0.138. The van der Waals surface area contributed by atoms with Crippen LogP contribution in [0.3, 0.4) is 0 Å². The first-order valence-corrected chi connectivity index (χ1v) is 24.0. The lowest BCUT2D eigenvalue weighted by Gasteiger charge is -2.35. The van der Waals surface area contributed by atoms with Gasteiger partial charge < -0.3 is 25.4 Å². The first-order chi connectivity index (χ1) is 33.6. The number of piperazine rings is 2. The van der Waals surface area contributed by atoms with Crippen LogP contribution in [0.4, 0.5) is 24.5 Å². The van der Waals surface area contributed by atoms with E-state index in [4.69, 9.17) is 0 Å². The highest BCUT2D eigenvalue weighted by molar-refractivity contribution is 6.24. The van der Waals surface area contributed by atoms with Gasteiger partial charge in [0.15, 0.2) is 0 Å². The minimum Gasteiger partial charge on any atom is -0.367 e. The molecule has 16 nitrogen and oxygen atoms in total. The van der Waals surface area contributed by atoms with Crippen molar-refractivity contribution in [2.75, 3.05) is 82.7 Å². The molecule has 4 aromatic rings. The molecule has 4 aliphatic heterocycles. The number of piperidine rings is 1. The zero-order valence-corrected chi connectivity index (χ0v) is 39.2. The number of alkyl halides is 3. The summed E-state index contributed by atoms with van der Waals surface area (Å²) in [5.41, 5.74) is 2.24. The molecule has 0 saturated carbocycles. The molecule has 4 aliphatic rings. The third-order valence-electron chi connectivity index (χ3n) is 13.6. The molecule has 19 heteroatoms. The number of aromatic nitrogens is 1. The molecule has 70 heavy (non-hydrogen) atoms. The van der Waals surface area contributed by atoms with Gasteiger partial charge in [0.05, 0.1) is 33.6 Å². The number of carbonyl (C=O) groups is 6. The number of hydrogen-bond acceptors (Lipinski definition) is 11. The Morgan fingerprint density at radius 3 is 2.27 bits per heavy atom. The normalized spacial score (nSPS) is 18.3. The fraction of sp³-hybridized carbons (Fsp3) is 0.431. The number of anilines is 2. The first kappa shape index (κ1) is 49.7. The number of fused-ring (bicyclic) bond motifs is 1. The SMILES string of the molecule is CN1CCN(c2ccc(-c3cccc(CN4CCN(CCNC(=O)CCCCCCc5cccc6c5C(=O)N(C5CCC(=O)NC5=O)C6=O)CC4)c3)cc2NC(=O)c2c[nH]c(=O)cc2C(F)(F)F)CC1. The van der Waals surface area contributed by atoms with E-state index in [1.54, 1.807) is 18.2 Å². The van der Waals surface area contributed by atoms with Gasteiger partial charge in [-0.05, 0) is 79.3 Å². The molecule has 0 bridgehead atoms. The van der Waals surface area contributed by atoms with Crippen molar-refractivity contribution in [2.24, 2.45) is 0 Å². The second-order valence-corrected chi connectivity index (χ2v) is 18.5. The van der Waals surface area contributed by atoms with E-state index in [2.05, 4.69) is 52.7 Å². The largest absolute Gasteiger partial charge is 0.417 e. The first-order valence-electron chi connectivity index (χ1n) is 24.0. The van der Waals surface area contributed by atoms with Crippen LogP contribution in [0.15, 0.2) is 77.7 Å². The minimum atomic E-state index is -4.90. The van der Waals surface area contributed by atoms with Gasteiger partial charge in [0.2, 0.25) is 23.3 Å². The summed E-state index contributed by atoms with van der Waals surface area (Å²) < 4.78 is 41.7. The van der Waals surface area contributed by atoms with Crippen molar-refractivity contribution < 1.29 is 41.9 Å². The number of carbonyl (C=O) groups excluding carboxylic acids is 6. The van der Waals surface area contributed by atoms with Gasteiger partial charge in [0.25, 0.3) is 17.7 Å². The number of pyridine rings is 1. The molecule has 8 rings (SSSR count). The predicted octanol–water partition coefficient (Wildman–Crippen LogP) is 4.89. The smallest absolute Gasteiger partial charge is 0.367 e. The number of nitrogens with zero attached hydrogens (tertiary/aromatic N) is 5. The van der Waals surface area contributed by atoms with Crippen LogP contribution in [0.2, 0.25) is 0 Å². The minimum absolute atomic E-state index is 0.00451.